The maximum atomic E-state index is 11.6. The number of aromatic nitrogens is 1. The van der Waals surface area contributed by atoms with Gasteiger partial charge >= 0.3 is 0 Å². The van der Waals surface area contributed by atoms with Crippen LogP contribution in [-0.4, -0.2) is 18.9 Å². The van der Waals surface area contributed by atoms with Gasteiger partial charge in [0, 0.05) is 11.7 Å². The van der Waals surface area contributed by atoms with Gasteiger partial charge in [0.1, 0.15) is 5.03 Å². The molecule has 1 heterocycles. The van der Waals surface area contributed by atoms with Gasteiger partial charge in [-0.25, -0.2) is 13.1 Å². The molecule has 13 heavy (non-hydrogen) atoms. The van der Waals surface area contributed by atoms with Crippen LogP contribution in [0.5, 0.6) is 0 Å². The van der Waals surface area contributed by atoms with Crippen molar-refractivity contribution in [1.29, 1.82) is 0 Å². The lowest BCUT2D eigenvalue weighted by atomic mass is 10.1. The zero-order valence-corrected chi connectivity index (χ0v) is 8.77. The number of nitrogens with one attached hydrogen (secondary N) is 2. The van der Waals surface area contributed by atoms with Crippen LogP contribution in [0.2, 0.25) is 0 Å². The fourth-order valence-corrected chi connectivity index (χ4v) is 2.34. The fraction of sp³-hybridized carbons (Fsp3) is 0.500. The normalized spacial score (nSPS) is 13.2. The minimum atomic E-state index is -3.38. The van der Waals surface area contributed by atoms with Crippen molar-refractivity contribution in [3.8, 4) is 0 Å². The van der Waals surface area contributed by atoms with Gasteiger partial charge in [0.05, 0.1) is 0 Å². The Kier molecular flexibility index (Phi) is 2.49. The van der Waals surface area contributed by atoms with Crippen molar-refractivity contribution < 1.29 is 8.42 Å². The summed E-state index contributed by atoms with van der Waals surface area (Å²) < 4.78 is 25.7. The fourth-order valence-electron chi connectivity index (χ4n) is 0.939. The van der Waals surface area contributed by atoms with Crippen LogP contribution in [0.25, 0.3) is 0 Å². The number of sulfonamides is 1. The molecule has 0 amide bonds. The van der Waals surface area contributed by atoms with Crippen LogP contribution in [0.1, 0.15) is 20.8 Å². The monoisotopic (exact) mass is 202 g/mol. The maximum Gasteiger partial charge on any atom is 0.256 e. The highest BCUT2D eigenvalue weighted by Crippen LogP contribution is 2.09. The van der Waals surface area contributed by atoms with Crippen molar-refractivity contribution in [3.63, 3.8) is 0 Å². The maximum absolute atomic E-state index is 11.6. The van der Waals surface area contributed by atoms with E-state index < -0.39 is 15.6 Å². The van der Waals surface area contributed by atoms with Crippen molar-refractivity contribution in [2.45, 2.75) is 31.3 Å². The van der Waals surface area contributed by atoms with Crippen LogP contribution < -0.4 is 4.72 Å². The van der Waals surface area contributed by atoms with Gasteiger partial charge in [0.15, 0.2) is 0 Å². The summed E-state index contributed by atoms with van der Waals surface area (Å²) in [5.41, 5.74) is -0.454. The van der Waals surface area contributed by atoms with Crippen molar-refractivity contribution in [3.05, 3.63) is 18.3 Å². The van der Waals surface area contributed by atoms with Crippen LogP contribution >= 0.6 is 0 Å². The molecule has 1 rings (SSSR count). The lowest BCUT2D eigenvalue weighted by Gasteiger charge is -2.19. The van der Waals surface area contributed by atoms with Crippen LogP contribution in [0, 0.1) is 0 Å². The molecule has 0 atom stereocenters. The van der Waals surface area contributed by atoms with Gasteiger partial charge in [0.25, 0.3) is 10.0 Å². The Bertz CT molecular complexity index is 359. The predicted octanol–water partition coefficient (Wildman–Crippen LogP) is 1.09. The van der Waals surface area contributed by atoms with Crippen molar-refractivity contribution in [2.75, 3.05) is 0 Å². The number of aromatic amines is 1. The summed E-state index contributed by atoms with van der Waals surface area (Å²) in [6, 6.07) is 3.17. The summed E-state index contributed by atoms with van der Waals surface area (Å²) >= 11 is 0. The molecular formula is C8H14N2O2S. The average Bonchev–Trinajstić information content (AvgIpc) is 2.29. The van der Waals surface area contributed by atoms with Gasteiger partial charge in [-0.05, 0) is 32.9 Å². The van der Waals surface area contributed by atoms with E-state index in [1.165, 1.54) is 6.07 Å². The minimum absolute atomic E-state index is 0.197. The molecule has 0 aliphatic rings. The van der Waals surface area contributed by atoms with E-state index in [9.17, 15) is 8.42 Å². The zero-order valence-electron chi connectivity index (χ0n) is 7.96. The molecule has 0 radical (unpaired) electrons. The molecule has 0 aliphatic heterocycles. The standard InChI is InChI=1S/C8H14N2O2S/c1-8(2,3)10-13(11,12)7-5-4-6-9-7/h4-6,9-10H,1-3H3. The first-order valence-electron chi connectivity index (χ1n) is 3.99. The average molecular weight is 202 g/mol. The Hall–Kier alpha value is -0.810. The largest absolute Gasteiger partial charge is 0.351 e. The van der Waals surface area contributed by atoms with Gasteiger partial charge in [-0.15, -0.1) is 0 Å². The summed E-state index contributed by atoms with van der Waals surface area (Å²) in [5.74, 6) is 0. The first-order chi connectivity index (χ1) is 5.81. The second-order valence-corrected chi connectivity index (χ2v) is 5.54. The second kappa shape index (κ2) is 3.16. The smallest absolute Gasteiger partial charge is 0.256 e. The van der Waals surface area contributed by atoms with Gasteiger partial charge in [-0.2, -0.15) is 0 Å². The molecule has 0 aromatic carbocycles. The molecule has 0 spiro atoms. The Morgan fingerprint density at radius 3 is 2.38 bits per heavy atom. The molecule has 0 bridgehead atoms. The third kappa shape index (κ3) is 2.86. The van der Waals surface area contributed by atoms with E-state index in [0.717, 1.165) is 0 Å². The summed E-state index contributed by atoms with van der Waals surface area (Å²) in [7, 11) is -3.38. The molecule has 5 heteroatoms. The first kappa shape index (κ1) is 10.3. The van der Waals surface area contributed by atoms with Crippen molar-refractivity contribution in [1.82, 2.24) is 9.71 Å². The highest BCUT2D eigenvalue weighted by molar-refractivity contribution is 7.89. The van der Waals surface area contributed by atoms with Crippen molar-refractivity contribution >= 4 is 10.0 Å². The van der Waals surface area contributed by atoms with E-state index in [1.54, 1.807) is 33.0 Å². The number of H-pyrrole nitrogens is 1. The Morgan fingerprint density at radius 2 is 2.00 bits per heavy atom. The molecule has 4 nitrogen and oxygen atoms in total. The molecule has 74 valence electrons. The lowest BCUT2D eigenvalue weighted by Crippen LogP contribution is -2.40. The molecule has 0 saturated carbocycles. The molecule has 2 N–H and O–H groups in total. The topological polar surface area (TPSA) is 62.0 Å². The number of hydrogen-bond acceptors (Lipinski definition) is 2. The zero-order chi connectivity index (χ0) is 10.1. The van der Waals surface area contributed by atoms with Gasteiger partial charge in [-0.1, -0.05) is 0 Å². The van der Waals surface area contributed by atoms with Crippen LogP contribution in [-0.2, 0) is 10.0 Å². The van der Waals surface area contributed by atoms with Crippen LogP contribution in [0.3, 0.4) is 0 Å². The molecule has 0 unspecified atom stereocenters. The molecule has 0 saturated heterocycles. The van der Waals surface area contributed by atoms with E-state index >= 15 is 0 Å². The van der Waals surface area contributed by atoms with E-state index in [0.29, 0.717) is 0 Å². The molecular weight excluding hydrogens is 188 g/mol. The summed E-state index contributed by atoms with van der Waals surface area (Å²) in [6.45, 7) is 5.40. The van der Waals surface area contributed by atoms with Crippen LogP contribution in [0.15, 0.2) is 23.4 Å². The summed E-state index contributed by atoms with van der Waals surface area (Å²) in [4.78, 5) is 2.65. The van der Waals surface area contributed by atoms with Gasteiger partial charge in [0.2, 0.25) is 0 Å². The molecule has 0 fully saturated rings. The Morgan fingerprint density at radius 1 is 1.38 bits per heavy atom. The predicted molar refractivity (Wildman–Crippen MR) is 50.9 cm³/mol. The Balaban J connectivity index is 2.93. The quantitative estimate of drug-likeness (QED) is 0.754. The van der Waals surface area contributed by atoms with Crippen LogP contribution in [0.4, 0.5) is 0 Å². The van der Waals surface area contributed by atoms with E-state index in [2.05, 4.69) is 9.71 Å². The second-order valence-electron chi connectivity index (χ2n) is 3.89. The van der Waals surface area contributed by atoms with E-state index in [-0.39, 0.29) is 5.03 Å². The SMILES string of the molecule is CC(C)(C)NS(=O)(=O)c1ccc[nH]1. The molecule has 1 aromatic rings. The highest BCUT2D eigenvalue weighted by atomic mass is 32.2. The summed E-state index contributed by atoms with van der Waals surface area (Å²) in [5, 5.41) is 0.197. The van der Waals surface area contributed by atoms with E-state index in [1.807, 2.05) is 0 Å². The third-order valence-corrected chi connectivity index (χ3v) is 3.01. The lowest BCUT2D eigenvalue weighted by molar-refractivity contribution is 0.490. The number of hydrogen-bond donors (Lipinski definition) is 2. The number of rotatable bonds is 2. The Labute approximate surface area is 78.4 Å². The third-order valence-electron chi connectivity index (χ3n) is 1.30. The van der Waals surface area contributed by atoms with Gasteiger partial charge in [-0.3, -0.25) is 0 Å². The highest BCUT2D eigenvalue weighted by Gasteiger charge is 2.22. The van der Waals surface area contributed by atoms with E-state index in [4.69, 9.17) is 0 Å². The minimum Gasteiger partial charge on any atom is -0.351 e. The molecule has 0 aliphatic carbocycles. The van der Waals surface area contributed by atoms with Crippen molar-refractivity contribution in [2.24, 2.45) is 0 Å². The summed E-state index contributed by atoms with van der Waals surface area (Å²) in [6.07, 6.45) is 1.58. The molecule has 1 aromatic heterocycles. The first-order valence-corrected chi connectivity index (χ1v) is 5.47. The van der Waals surface area contributed by atoms with Gasteiger partial charge < -0.3 is 4.98 Å².